The maximum atomic E-state index is 14.7. The number of hydrogen-bond donors (Lipinski definition) is 1. The number of amides is 1. The van der Waals surface area contributed by atoms with Gasteiger partial charge >= 0.3 is 5.69 Å². The minimum absolute atomic E-state index is 0.0189. The van der Waals surface area contributed by atoms with Crippen LogP contribution in [0.4, 0.5) is 0 Å². The first kappa shape index (κ1) is 32.1. The third kappa shape index (κ3) is 6.15. The molecule has 0 bridgehead atoms. The zero-order valence-corrected chi connectivity index (χ0v) is 27.7. The van der Waals surface area contributed by atoms with Crippen molar-refractivity contribution in [2.45, 2.75) is 96.1 Å². The summed E-state index contributed by atoms with van der Waals surface area (Å²) >= 11 is 1.27. The van der Waals surface area contributed by atoms with Gasteiger partial charge in [-0.1, -0.05) is 48.8 Å². The van der Waals surface area contributed by atoms with E-state index >= 15 is 0 Å². The highest BCUT2D eigenvalue weighted by Gasteiger charge is 2.37. The summed E-state index contributed by atoms with van der Waals surface area (Å²) in [5.74, 6) is 0.277. The van der Waals surface area contributed by atoms with E-state index in [2.05, 4.69) is 15.5 Å². The normalized spacial score (nSPS) is 17.3. The molecule has 4 aromatic rings. The molecule has 2 aliphatic rings. The van der Waals surface area contributed by atoms with Gasteiger partial charge in [0.2, 0.25) is 5.91 Å². The maximum absolute atomic E-state index is 14.7. The number of ether oxygens (including phenoxy) is 3. The third-order valence-corrected chi connectivity index (χ3v) is 10.5. The van der Waals surface area contributed by atoms with Gasteiger partial charge in [-0.15, -0.1) is 4.80 Å². The first-order valence-electron chi connectivity index (χ1n) is 16.0. The molecule has 246 valence electrons. The molecule has 4 heterocycles. The predicted molar refractivity (Wildman–Crippen MR) is 175 cm³/mol. The molecule has 2 fully saturated rings. The van der Waals surface area contributed by atoms with Gasteiger partial charge in [0.25, 0.3) is 5.56 Å². The second-order valence-corrected chi connectivity index (χ2v) is 13.6. The van der Waals surface area contributed by atoms with E-state index in [-0.39, 0.29) is 24.6 Å². The van der Waals surface area contributed by atoms with E-state index < -0.39 is 22.9 Å². The van der Waals surface area contributed by atoms with Crippen molar-refractivity contribution in [1.82, 2.24) is 29.4 Å². The zero-order valence-electron chi connectivity index (χ0n) is 26.9. The first-order valence-corrected chi connectivity index (χ1v) is 16.9. The number of carbonyl (C=O) groups excluding carboxylic acids is 1. The Kier molecular flexibility index (Phi) is 9.44. The summed E-state index contributed by atoms with van der Waals surface area (Å²) in [5, 5.41) is 12.7. The Morgan fingerprint density at radius 2 is 1.78 bits per heavy atom. The molecule has 6 rings (SSSR count). The molecule has 1 saturated carbocycles. The van der Waals surface area contributed by atoms with Gasteiger partial charge in [-0.3, -0.25) is 14.2 Å². The average Bonchev–Trinajstić information content (AvgIpc) is 3.71. The number of para-hydroxylation sites is 1. The van der Waals surface area contributed by atoms with Gasteiger partial charge in [0.1, 0.15) is 27.2 Å². The Bertz CT molecular complexity index is 1800. The topological polar surface area (TPSA) is 132 Å². The number of rotatable bonds is 10. The molecule has 46 heavy (non-hydrogen) atoms. The number of aryl methyl sites for hydroxylation is 1. The van der Waals surface area contributed by atoms with E-state index in [0.717, 1.165) is 55.1 Å². The van der Waals surface area contributed by atoms with Gasteiger partial charge in [0.15, 0.2) is 0 Å². The highest BCUT2D eigenvalue weighted by atomic mass is 32.1. The SMILES string of the molecule is COc1ccccc1C(Cn1c(=O)n(C(C)(C)C(=O)NC2CCCCC2)c(=O)c2c(C)c(-n3nccn3)sc21)OC1CCOCC1. The molecule has 1 atom stereocenters. The number of thiophene rings is 1. The van der Waals surface area contributed by atoms with E-state index in [1.54, 1.807) is 37.9 Å². The molecule has 1 aliphatic heterocycles. The third-order valence-electron chi connectivity index (χ3n) is 9.20. The number of methoxy groups -OCH3 is 1. The van der Waals surface area contributed by atoms with E-state index in [4.69, 9.17) is 14.2 Å². The highest BCUT2D eigenvalue weighted by molar-refractivity contribution is 7.21. The second kappa shape index (κ2) is 13.5. The molecular formula is C33H42N6O6S. The van der Waals surface area contributed by atoms with Crippen molar-refractivity contribution in [3.63, 3.8) is 0 Å². The monoisotopic (exact) mass is 650 g/mol. The number of nitrogens with one attached hydrogen (secondary N) is 1. The lowest BCUT2D eigenvalue weighted by atomic mass is 9.94. The molecule has 0 spiro atoms. The van der Waals surface area contributed by atoms with Crippen molar-refractivity contribution in [3.05, 3.63) is 68.6 Å². The number of carbonyl (C=O) groups is 1. The molecule has 1 aliphatic carbocycles. The molecule has 1 N–H and O–H groups in total. The van der Waals surface area contributed by atoms with Gasteiger partial charge in [0.05, 0.1) is 37.5 Å². The van der Waals surface area contributed by atoms with Crippen molar-refractivity contribution in [1.29, 1.82) is 0 Å². The first-order chi connectivity index (χ1) is 22.2. The summed E-state index contributed by atoms with van der Waals surface area (Å²) in [4.78, 5) is 44.8. The Morgan fingerprint density at radius 3 is 2.48 bits per heavy atom. The van der Waals surface area contributed by atoms with Crippen molar-refractivity contribution >= 4 is 27.5 Å². The number of aromatic nitrogens is 5. The van der Waals surface area contributed by atoms with Crippen LogP contribution in [0.2, 0.25) is 0 Å². The van der Waals surface area contributed by atoms with E-state index in [9.17, 15) is 14.4 Å². The van der Waals surface area contributed by atoms with Crippen LogP contribution in [0, 0.1) is 6.92 Å². The fourth-order valence-electron chi connectivity index (χ4n) is 6.57. The fraction of sp³-hybridized carbons (Fsp3) is 0.545. The van der Waals surface area contributed by atoms with Gasteiger partial charge in [0, 0.05) is 30.4 Å². The summed E-state index contributed by atoms with van der Waals surface area (Å²) < 4.78 is 20.7. The van der Waals surface area contributed by atoms with Crippen molar-refractivity contribution in [3.8, 4) is 10.8 Å². The number of fused-ring (bicyclic) bond motifs is 1. The van der Waals surface area contributed by atoms with Crippen LogP contribution < -0.4 is 21.3 Å². The predicted octanol–water partition coefficient (Wildman–Crippen LogP) is 4.24. The van der Waals surface area contributed by atoms with Gasteiger partial charge in [-0.2, -0.15) is 10.2 Å². The van der Waals surface area contributed by atoms with Crippen LogP contribution in [0.5, 0.6) is 5.75 Å². The quantitative estimate of drug-likeness (QED) is 0.270. The van der Waals surface area contributed by atoms with Gasteiger partial charge in [-0.25, -0.2) is 9.36 Å². The molecular weight excluding hydrogens is 608 g/mol. The highest BCUT2D eigenvalue weighted by Crippen LogP contribution is 2.35. The summed E-state index contributed by atoms with van der Waals surface area (Å²) in [6.07, 6.45) is 8.87. The Balaban J connectivity index is 1.52. The van der Waals surface area contributed by atoms with Gasteiger partial charge < -0.3 is 19.5 Å². The molecule has 1 unspecified atom stereocenters. The van der Waals surface area contributed by atoms with Crippen LogP contribution in [-0.4, -0.2) is 62.5 Å². The number of hydrogen-bond acceptors (Lipinski definition) is 9. The summed E-state index contributed by atoms with van der Waals surface area (Å²) in [7, 11) is 1.61. The molecule has 1 saturated heterocycles. The van der Waals surface area contributed by atoms with Crippen LogP contribution in [0.15, 0.2) is 46.2 Å². The van der Waals surface area contributed by atoms with Crippen LogP contribution in [0.25, 0.3) is 15.2 Å². The molecule has 0 radical (unpaired) electrons. The lowest BCUT2D eigenvalue weighted by Crippen LogP contribution is -2.57. The lowest BCUT2D eigenvalue weighted by molar-refractivity contribution is -0.129. The van der Waals surface area contributed by atoms with Crippen molar-refractivity contribution in [2.24, 2.45) is 0 Å². The molecule has 13 heteroatoms. The largest absolute Gasteiger partial charge is 0.496 e. The molecule has 1 amide bonds. The molecule has 1 aromatic carbocycles. The summed E-state index contributed by atoms with van der Waals surface area (Å²) in [6, 6.07) is 7.61. The Hall–Kier alpha value is -3.81. The van der Waals surface area contributed by atoms with Crippen LogP contribution in [0.1, 0.15) is 76.0 Å². The van der Waals surface area contributed by atoms with Crippen LogP contribution >= 0.6 is 11.3 Å². The maximum Gasteiger partial charge on any atom is 0.333 e. The zero-order chi connectivity index (χ0) is 32.4. The second-order valence-electron chi connectivity index (χ2n) is 12.6. The number of nitrogens with zero attached hydrogens (tertiary/aromatic N) is 5. The smallest absolute Gasteiger partial charge is 0.333 e. The Morgan fingerprint density at radius 1 is 1.09 bits per heavy atom. The minimum Gasteiger partial charge on any atom is -0.496 e. The fourth-order valence-corrected chi connectivity index (χ4v) is 7.79. The van der Waals surface area contributed by atoms with Crippen LogP contribution in [0.3, 0.4) is 0 Å². The average molecular weight is 651 g/mol. The Labute approximate surface area is 271 Å². The molecule has 3 aromatic heterocycles. The van der Waals surface area contributed by atoms with E-state index in [1.165, 1.54) is 16.1 Å². The number of benzene rings is 1. The van der Waals surface area contributed by atoms with Crippen molar-refractivity contribution < 1.29 is 19.0 Å². The summed E-state index contributed by atoms with van der Waals surface area (Å²) in [5.41, 5.74) is -1.16. The summed E-state index contributed by atoms with van der Waals surface area (Å²) in [6.45, 7) is 6.36. The lowest BCUT2D eigenvalue weighted by Gasteiger charge is -2.32. The van der Waals surface area contributed by atoms with E-state index in [0.29, 0.717) is 39.7 Å². The van der Waals surface area contributed by atoms with Crippen molar-refractivity contribution in [2.75, 3.05) is 20.3 Å². The van der Waals surface area contributed by atoms with E-state index in [1.807, 2.05) is 31.2 Å². The minimum atomic E-state index is -1.47. The van der Waals surface area contributed by atoms with Gasteiger partial charge in [-0.05, 0) is 52.5 Å². The molecule has 12 nitrogen and oxygen atoms in total. The van der Waals surface area contributed by atoms with Crippen LogP contribution in [-0.2, 0) is 26.4 Å². The standard InChI is InChI=1S/C33H42N6O6S/c1-21-27-28(40)38(33(2,3)31(41)36-22-10-6-5-7-11-22)32(42)37(30(27)46-29(21)39-34-16-17-35-39)20-26(45-23-14-18-44-19-15-23)24-12-8-9-13-25(24)43-4/h8-9,12-13,16-17,22-23,26H,5-7,10-11,14-15,18-20H2,1-4H3,(H,36,41).